The first kappa shape index (κ1) is 14.1. The summed E-state index contributed by atoms with van der Waals surface area (Å²) in [7, 11) is 1.74. The van der Waals surface area contributed by atoms with Gasteiger partial charge < -0.3 is 10.0 Å². The zero-order chi connectivity index (χ0) is 14.7. The Morgan fingerprint density at radius 3 is 2.25 bits per heavy atom. The number of carbonyl (C=O) groups excluding carboxylic acids is 1. The summed E-state index contributed by atoms with van der Waals surface area (Å²) in [5.41, 5.74) is 3.53. The molecule has 0 aliphatic rings. The largest absolute Gasteiger partial charge is 0.507 e. The van der Waals surface area contributed by atoms with Crippen LogP contribution >= 0.6 is 0 Å². The van der Waals surface area contributed by atoms with Crippen molar-refractivity contribution in [2.24, 2.45) is 0 Å². The Hall–Kier alpha value is -2.29. The van der Waals surface area contributed by atoms with Crippen molar-refractivity contribution in [3.05, 3.63) is 64.7 Å². The monoisotopic (exact) mass is 269 g/mol. The Kier molecular flexibility index (Phi) is 4.08. The summed E-state index contributed by atoms with van der Waals surface area (Å²) >= 11 is 0. The Morgan fingerprint density at radius 1 is 1.05 bits per heavy atom. The van der Waals surface area contributed by atoms with Crippen LogP contribution in [0.2, 0.25) is 0 Å². The van der Waals surface area contributed by atoms with Gasteiger partial charge in [0, 0.05) is 13.6 Å². The van der Waals surface area contributed by atoms with Gasteiger partial charge >= 0.3 is 0 Å². The van der Waals surface area contributed by atoms with Crippen molar-refractivity contribution < 1.29 is 9.90 Å². The second-order valence-electron chi connectivity index (χ2n) is 5.17. The van der Waals surface area contributed by atoms with Gasteiger partial charge in [0.1, 0.15) is 5.75 Å². The fourth-order valence-corrected chi connectivity index (χ4v) is 2.07. The summed E-state index contributed by atoms with van der Waals surface area (Å²) in [6, 6.07) is 13.2. The topological polar surface area (TPSA) is 40.5 Å². The molecule has 0 fully saturated rings. The average molecular weight is 269 g/mol. The van der Waals surface area contributed by atoms with Crippen LogP contribution < -0.4 is 0 Å². The lowest BCUT2D eigenvalue weighted by Crippen LogP contribution is -2.26. The van der Waals surface area contributed by atoms with Crippen molar-refractivity contribution in [2.75, 3.05) is 7.05 Å². The first-order chi connectivity index (χ1) is 9.47. The van der Waals surface area contributed by atoms with E-state index in [0.29, 0.717) is 12.1 Å². The van der Waals surface area contributed by atoms with Gasteiger partial charge in [-0.05, 0) is 37.1 Å². The van der Waals surface area contributed by atoms with Gasteiger partial charge in [-0.15, -0.1) is 0 Å². The van der Waals surface area contributed by atoms with Crippen LogP contribution in [0.3, 0.4) is 0 Å². The minimum absolute atomic E-state index is 0.0331. The van der Waals surface area contributed by atoms with Crippen LogP contribution in [0.25, 0.3) is 0 Å². The molecule has 0 radical (unpaired) electrons. The number of phenolic OH excluding ortho intramolecular Hbond substituents is 1. The van der Waals surface area contributed by atoms with Crippen molar-refractivity contribution in [1.82, 2.24) is 4.90 Å². The molecule has 0 spiro atoms. The van der Waals surface area contributed by atoms with Gasteiger partial charge in [-0.2, -0.15) is 0 Å². The molecule has 2 rings (SSSR count). The lowest BCUT2D eigenvalue weighted by molar-refractivity contribution is 0.0782. The van der Waals surface area contributed by atoms with Crippen molar-refractivity contribution in [3.8, 4) is 5.75 Å². The molecule has 0 saturated carbocycles. The van der Waals surface area contributed by atoms with Crippen molar-refractivity contribution in [1.29, 1.82) is 0 Å². The summed E-state index contributed by atoms with van der Waals surface area (Å²) in [4.78, 5) is 13.9. The number of hydrogen-bond acceptors (Lipinski definition) is 2. The highest BCUT2D eigenvalue weighted by atomic mass is 16.3. The summed E-state index contributed by atoms with van der Waals surface area (Å²) in [6.45, 7) is 4.43. The predicted molar refractivity (Wildman–Crippen MR) is 79.8 cm³/mol. The molecule has 20 heavy (non-hydrogen) atoms. The molecule has 0 saturated heterocycles. The van der Waals surface area contributed by atoms with Crippen LogP contribution in [0.1, 0.15) is 27.0 Å². The van der Waals surface area contributed by atoms with Crippen LogP contribution in [-0.2, 0) is 6.54 Å². The van der Waals surface area contributed by atoms with Gasteiger partial charge in [0.15, 0.2) is 0 Å². The second kappa shape index (κ2) is 5.78. The summed E-state index contributed by atoms with van der Waals surface area (Å²) < 4.78 is 0. The number of nitrogens with zero attached hydrogens (tertiary/aromatic N) is 1. The lowest BCUT2D eigenvalue weighted by atomic mass is 10.1. The van der Waals surface area contributed by atoms with E-state index < -0.39 is 0 Å². The van der Waals surface area contributed by atoms with Gasteiger partial charge in [-0.25, -0.2) is 0 Å². The number of benzene rings is 2. The van der Waals surface area contributed by atoms with Gasteiger partial charge in [0.25, 0.3) is 5.91 Å². The Bertz CT molecular complexity index is 617. The molecule has 1 N–H and O–H groups in total. The fourth-order valence-electron chi connectivity index (χ4n) is 2.07. The zero-order valence-corrected chi connectivity index (χ0v) is 12.1. The molecule has 2 aromatic rings. The van der Waals surface area contributed by atoms with E-state index >= 15 is 0 Å². The second-order valence-corrected chi connectivity index (χ2v) is 5.17. The minimum Gasteiger partial charge on any atom is -0.507 e. The average Bonchev–Trinajstić information content (AvgIpc) is 2.40. The van der Waals surface area contributed by atoms with E-state index in [2.05, 4.69) is 0 Å². The van der Waals surface area contributed by atoms with E-state index in [-0.39, 0.29) is 11.7 Å². The molecule has 0 heterocycles. The van der Waals surface area contributed by atoms with E-state index in [9.17, 15) is 9.90 Å². The quantitative estimate of drug-likeness (QED) is 0.929. The van der Waals surface area contributed by atoms with Crippen LogP contribution in [0, 0.1) is 13.8 Å². The minimum atomic E-state index is -0.178. The van der Waals surface area contributed by atoms with Crippen LogP contribution in [0.5, 0.6) is 5.75 Å². The maximum absolute atomic E-state index is 12.3. The Labute approximate surface area is 119 Å². The number of carbonyl (C=O) groups is 1. The number of rotatable bonds is 3. The van der Waals surface area contributed by atoms with Crippen molar-refractivity contribution in [3.63, 3.8) is 0 Å². The van der Waals surface area contributed by atoms with E-state index in [1.54, 1.807) is 24.1 Å². The highest BCUT2D eigenvalue weighted by Crippen LogP contribution is 2.20. The first-order valence-corrected chi connectivity index (χ1v) is 6.58. The molecule has 0 atom stereocenters. The number of aryl methyl sites for hydroxylation is 2. The van der Waals surface area contributed by atoms with Crippen molar-refractivity contribution in [2.45, 2.75) is 20.4 Å². The van der Waals surface area contributed by atoms with Crippen LogP contribution in [0.4, 0.5) is 0 Å². The zero-order valence-electron chi connectivity index (χ0n) is 12.1. The van der Waals surface area contributed by atoms with Crippen LogP contribution in [0.15, 0.2) is 42.5 Å². The summed E-state index contributed by atoms with van der Waals surface area (Å²) in [5.74, 6) is -0.145. The summed E-state index contributed by atoms with van der Waals surface area (Å²) in [6.07, 6.45) is 0. The smallest absolute Gasteiger partial charge is 0.257 e. The third-order valence-electron chi connectivity index (χ3n) is 3.27. The Balaban J connectivity index is 2.14. The molecule has 0 unspecified atom stereocenters. The highest BCUT2D eigenvalue weighted by Gasteiger charge is 2.15. The van der Waals surface area contributed by atoms with E-state index in [4.69, 9.17) is 0 Å². The highest BCUT2D eigenvalue weighted by molar-refractivity contribution is 5.96. The lowest BCUT2D eigenvalue weighted by Gasteiger charge is -2.18. The number of aromatic hydroxyl groups is 1. The van der Waals surface area contributed by atoms with Gasteiger partial charge in [-0.1, -0.05) is 35.9 Å². The van der Waals surface area contributed by atoms with Gasteiger partial charge in [0.05, 0.1) is 5.56 Å². The van der Waals surface area contributed by atoms with Crippen LogP contribution in [-0.4, -0.2) is 23.0 Å². The molecular weight excluding hydrogens is 250 g/mol. The molecule has 3 nitrogen and oxygen atoms in total. The molecule has 2 aromatic carbocycles. The molecule has 0 aromatic heterocycles. The molecule has 0 aliphatic heterocycles. The molecular formula is C17H19NO2. The van der Waals surface area contributed by atoms with Gasteiger partial charge in [0.2, 0.25) is 0 Å². The fraction of sp³-hybridized carbons (Fsp3) is 0.235. The van der Waals surface area contributed by atoms with Gasteiger partial charge in [-0.3, -0.25) is 4.79 Å². The maximum Gasteiger partial charge on any atom is 0.257 e. The molecule has 104 valence electrons. The van der Waals surface area contributed by atoms with Crippen molar-refractivity contribution >= 4 is 5.91 Å². The molecule has 0 aliphatic carbocycles. The maximum atomic E-state index is 12.3. The third kappa shape index (κ3) is 3.18. The first-order valence-electron chi connectivity index (χ1n) is 6.58. The molecule has 3 heteroatoms. The molecule has 0 bridgehead atoms. The number of amides is 1. The van der Waals surface area contributed by atoms with E-state index in [1.807, 2.05) is 44.2 Å². The Morgan fingerprint density at radius 2 is 1.65 bits per heavy atom. The predicted octanol–water partition coefficient (Wildman–Crippen LogP) is 3.28. The number of hydrogen-bond donors (Lipinski definition) is 1. The molecule has 1 amide bonds. The number of phenols is 1. The summed E-state index contributed by atoms with van der Waals surface area (Å²) in [5, 5.41) is 9.87. The standard InChI is InChI=1S/C17H19NO2/c1-12-4-7-14(8-5-12)11-18(3)17(20)15-9-6-13(2)10-16(15)19/h4-10,19H,11H2,1-3H3. The third-order valence-corrected chi connectivity index (χ3v) is 3.27. The normalized spacial score (nSPS) is 10.3. The van der Waals surface area contributed by atoms with E-state index in [1.165, 1.54) is 5.56 Å². The SMILES string of the molecule is Cc1ccc(CN(C)C(=O)c2ccc(C)cc2O)cc1. The van der Waals surface area contributed by atoms with E-state index in [0.717, 1.165) is 11.1 Å².